The van der Waals surface area contributed by atoms with E-state index in [9.17, 15) is 8.42 Å². The van der Waals surface area contributed by atoms with Gasteiger partial charge in [0.15, 0.2) is 9.84 Å². The number of thioether (sulfide) groups is 1. The van der Waals surface area contributed by atoms with E-state index < -0.39 is 9.84 Å². The molecule has 0 aromatic carbocycles. The molecule has 1 atom stereocenters. The molecule has 0 spiro atoms. The first kappa shape index (κ1) is 17.3. The Labute approximate surface area is 136 Å². The van der Waals surface area contributed by atoms with Gasteiger partial charge in [0.2, 0.25) is 0 Å². The number of nitrogens with zero attached hydrogens (tertiary/aromatic N) is 1. The molecular weight excluding hydrogens is 324 g/mol. The first-order valence-corrected chi connectivity index (χ1v) is 10.9. The second-order valence-electron chi connectivity index (χ2n) is 5.28. The maximum atomic E-state index is 12.3. The molecule has 1 N–H and O–H groups in total. The Morgan fingerprint density at radius 2 is 2.24 bits per heavy atom. The Balaban J connectivity index is 2.16. The van der Waals surface area contributed by atoms with Gasteiger partial charge >= 0.3 is 0 Å². The molecule has 1 aromatic rings. The van der Waals surface area contributed by atoms with Gasteiger partial charge in [0.25, 0.3) is 0 Å². The average molecular weight is 349 g/mol. The summed E-state index contributed by atoms with van der Waals surface area (Å²) < 4.78 is 24.6. The minimum Gasteiger partial charge on any atom is -0.315 e. The van der Waals surface area contributed by atoms with Gasteiger partial charge in [-0.25, -0.2) is 8.42 Å². The number of hydrogen-bond acceptors (Lipinski definition) is 6. The predicted octanol–water partition coefficient (Wildman–Crippen LogP) is 2.09. The average Bonchev–Trinajstić information content (AvgIpc) is 2.80. The van der Waals surface area contributed by atoms with E-state index in [0.717, 1.165) is 25.4 Å². The van der Waals surface area contributed by atoms with Crippen LogP contribution in [0, 0.1) is 6.92 Å². The van der Waals surface area contributed by atoms with Crippen molar-refractivity contribution in [3.8, 4) is 0 Å². The van der Waals surface area contributed by atoms with Crippen LogP contribution in [-0.2, 0) is 22.9 Å². The fourth-order valence-electron chi connectivity index (χ4n) is 2.54. The third-order valence-electron chi connectivity index (χ3n) is 3.80. The highest BCUT2D eigenvalue weighted by molar-refractivity contribution is 8.01. The Bertz CT molecular complexity index is 569. The van der Waals surface area contributed by atoms with Crippen molar-refractivity contribution in [3.05, 3.63) is 21.4 Å². The highest BCUT2D eigenvalue weighted by Gasteiger charge is 2.33. The monoisotopic (exact) mass is 348 g/mol. The summed E-state index contributed by atoms with van der Waals surface area (Å²) in [5.41, 5.74) is 1.27. The zero-order valence-corrected chi connectivity index (χ0v) is 15.3. The van der Waals surface area contributed by atoms with Crippen LogP contribution in [-0.4, -0.2) is 49.5 Å². The number of aryl methyl sites for hydroxylation is 1. The fourth-order valence-corrected chi connectivity index (χ4v) is 6.69. The van der Waals surface area contributed by atoms with E-state index in [1.54, 1.807) is 30.0 Å². The number of thiophene rings is 1. The van der Waals surface area contributed by atoms with Crippen LogP contribution in [0.1, 0.15) is 22.2 Å². The lowest BCUT2D eigenvalue weighted by atomic mass is 10.2. The highest BCUT2D eigenvalue weighted by Crippen LogP contribution is 2.27. The van der Waals surface area contributed by atoms with Gasteiger partial charge in [0.1, 0.15) is 5.37 Å². The van der Waals surface area contributed by atoms with Crippen molar-refractivity contribution in [1.82, 2.24) is 10.2 Å². The van der Waals surface area contributed by atoms with E-state index in [1.807, 2.05) is 7.05 Å². The van der Waals surface area contributed by atoms with Crippen LogP contribution in [0.4, 0.5) is 0 Å². The first-order chi connectivity index (χ1) is 9.97. The lowest BCUT2D eigenvalue weighted by Gasteiger charge is -2.34. The van der Waals surface area contributed by atoms with E-state index in [4.69, 9.17) is 0 Å². The molecule has 2 rings (SSSR count). The fraction of sp³-hybridized carbons (Fsp3) is 0.714. The van der Waals surface area contributed by atoms with Crippen molar-refractivity contribution in [2.24, 2.45) is 0 Å². The minimum absolute atomic E-state index is 0.225. The zero-order chi connectivity index (χ0) is 15.5. The normalized spacial score (nSPS) is 20.8. The minimum atomic E-state index is -3.01. The Hall–Kier alpha value is -0.0800. The Morgan fingerprint density at radius 3 is 2.90 bits per heavy atom. The van der Waals surface area contributed by atoms with Crippen LogP contribution >= 0.6 is 23.1 Å². The molecule has 1 saturated heterocycles. The summed E-state index contributed by atoms with van der Waals surface area (Å²) in [6.45, 7) is 6.34. The van der Waals surface area contributed by atoms with Crippen LogP contribution in [0.25, 0.3) is 0 Å². The van der Waals surface area contributed by atoms with Crippen LogP contribution in [0.2, 0.25) is 0 Å². The molecule has 1 aliphatic rings. The lowest BCUT2D eigenvalue weighted by molar-refractivity contribution is 0.261. The van der Waals surface area contributed by atoms with E-state index >= 15 is 0 Å². The summed E-state index contributed by atoms with van der Waals surface area (Å²) in [5.74, 6) is 1.94. The summed E-state index contributed by atoms with van der Waals surface area (Å²) in [6, 6.07) is 2.22. The molecule has 1 unspecified atom stereocenters. The highest BCUT2D eigenvalue weighted by atomic mass is 32.2. The third-order valence-corrected chi connectivity index (χ3v) is 8.23. The van der Waals surface area contributed by atoms with Gasteiger partial charge < -0.3 is 5.32 Å². The number of nitrogens with one attached hydrogen (secondary N) is 1. The van der Waals surface area contributed by atoms with Crippen LogP contribution in [0.15, 0.2) is 6.07 Å². The van der Waals surface area contributed by atoms with Crippen molar-refractivity contribution >= 4 is 32.9 Å². The van der Waals surface area contributed by atoms with Gasteiger partial charge in [-0.3, -0.25) is 4.90 Å². The van der Waals surface area contributed by atoms with E-state index in [2.05, 4.69) is 23.2 Å². The Morgan fingerprint density at radius 1 is 1.48 bits per heavy atom. The largest absolute Gasteiger partial charge is 0.315 e. The quantitative estimate of drug-likeness (QED) is 0.853. The second-order valence-corrected chi connectivity index (χ2v) is 10.2. The first-order valence-electron chi connectivity index (χ1n) is 7.24. The van der Waals surface area contributed by atoms with Crippen molar-refractivity contribution in [2.45, 2.75) is 32.3 Å². The van der Waals surface area contributed by atoms with E-state index in [1.165, 1.54) is 15.3 Å². The zero-order valence-electron chi connectivity index (χ0n) is 12.9. The number of hydrogen-bond donors (Lipinski definition) is 1. The van der Waals surface area contributed by atoms with Crippen LogP contribution in [0.3, 0.4) is 0 Å². The molecule has 0 saturated carbocycles. The molecule has 4 nitrogen and oxygen atoms in total. The van der Waals surface area contributed by atoms with Gasteiger partial charge in [0.05, 0.1) is 0 Å². The van der Waals surface area contributed by atoms with Crippen molar-refractivity contribution in [3.63, 3.8) is 0 Å². The molecule has 1 aliphatic heterocycles. The molecule has 21 heavy (non-hydrogen) atoms. The van der Waals surface area contributed by atoms with Gasteiger partial charge in [0, 0.05) is 46.6 Å². The van der Waals surface area contributed by atoms with E-state index in [0.29, 0.717) is 5.75 Å². The molecule has 0 amide bonds. The number of sulfone groups is 1. The Kier molecular flexibility index (Phi) is 6.14. The van der Waals surface area contributed by atoms with E-state index in [-0.39, 0.29) is 11.1 Å². The molecule has 120 valence electrons. The molecule has 2 heterocycles. The predicted molar refractivity (Wildman–Crippen MR) is 92.8 cm³/mol. The SMILES string of the molecule is CCS(=O)(=O)C1CSCCN1Cc1cc(CNC)sc1C. The van der Waals surface area contributed by atoms with Gasteiger partial charge in [-0.15, -0.1) is 11.3 Å². The lowest BCUT2D eigenvalue weighted by Crippen LogP contribution is -2.47. The van der Waals surface area contributed by atoms with Gasteiger partial charge in [-0.1, -0.05) is 6.92 Å². The molecule has 0 aliphatic carbocycles. The molecule has 1 aromatic heterocycles. The van der Waals surface area contributed by atoms with Crippen LogP contribution < -0.4 is 5.32 Å². The summed E-state index contributed by atoms with van der Waals surface area (Å²) in [5, 5.41) is 2.84. The summed E-state index contributed by atoms with van der Waals surface area (Å²) in [6.07, 6.45) is 0. The standard InChI is InChI=1S/C14H24N2O2S3/c1-4-21(17,18)14-10-19-6-5-16(14)9-12-7-13(8-15-3)20-11(12)2/h7,14-15H,4-6,8-10H2,1-3H3. The van der Waals surface area contributed by atoms with Gasteiger partial charge in [-0.05, 0) is 25.6 Å². The van der Waals surface area contributed by atoms with Crippen molar-refractivity contribution in [2.75, 3.05) is 30.9 Å². The summed E-state index contributed by atoms with van der Waals surface area (Å²) in [4.78, 5) is 4.76. The molecule has 1 fully saturated rings. The smallest absolute Gasteiger partial charge is 0.166 e. The molecule has 0 radical (unpaired) electrons. The van der Waals surface area contributed by atoms with Gasteiger partial charge in [-0.2, -0.15) is 11.8 Å². The third kappa shape index (κ3) is 4.22. The van der Waals surface area contributed by atoms with Crippen LogP contribution in [0.5, 0.6) is 0 Å². The maximum Gasteiger partial charge on any atom is 0.166 e. The summed E-state index contributed by atoms with van der Waals surface area (Å²) in [7, 11) is -1.07. The summed E-state index contributed by atoms with van der Waals surface area (Å²) >= 11 is 3.55. The molecule has 0 bridgehead atoms. The number of rotatable bonds is 6. The maximum absolute atomic E-state index is 12.3. The van der Waals surface area contributed by atoms with Crippen molar-refractivity contribution in [1.29, 1.82) is 0 Å². The second kappa shape index (κ2) is 7.46. The molecule has 7 heteroatoms. The molecular formula is C14H24N2O2S3. The topological polar surface area (TPSA) is 49.4 Å². The van der Waals surface area contributed by atoms with Crippen molar-refractivity contribution < 1.29 is 8.42 Å².